The Labute approximate surface area is 209 Å². The summed E-state index contributed by atoms with van der Waals surface area (Å²) in [6.45, 7) is 0. The van der Waals surface area contributed by atoms with Crippen LogP contribution in [-0.4, -0.2) is 64.6 Å². The SMILES string of the molecule is CNc1cc(Nc2cccn([C@H]3CC[C@H](OC)CC3)c2=O)nc2c(C(=O)N[C@@H]3CC[C@H]3OC)cnn12. The van der Waals surface area contributed by atoms with Crippen LogP contribution in [0.4, 0.5) is 17.3 Å². The number of aromatic nitrogens is 4. The molecule has 11 heteroatoms. The van der Waals surface area contributed by atoms with E-state index < -0.39 is 0 Å². The van der Waals surface area contributed by atoms with E-state index in [0.717, 1.165) is 38.5 Å². The van der Waals surface area contributed by atoms with Crippen molar-refractivity contribution in [2.24, 2.45) is 0 Å². The maximum Gasteiger partial charge on any atom is 0.274 e. The van der Waals surface area contributed by atoms with E-state index in [1.165, 1.54) is 6.20 Å². The van der Waals surface area contributed by atoms with Crippen molar-refractivity contribution in [1.82, 2.24) is 24.5 Å². The molecule has 3 heterocycles. The van der Waals surface area contributed by atoms with E-state index in [9.17, 15) is 9.59 Å². The predicted octanol–water partition coefficient (Wildman–Crippen LogP) is 2.71. The summed E-state index contributed by atoms with van der Waals surface area (Å²) in [6.07, 6.45) is 9.11. The highest BCUT2D eigenvalue weighted by atomic mass is 16.5. The number of rotatable bonds is 8. The number of hydrogen-bond acceptors (Lipinski definition) is 8. The van der Waals surface area contributed by atoms with Crippen molar-refractivity contribution in [2.75, 3.05) is 31.9 Å². The van der Waals surface area contributed by atoms with E-state index in [4.69, 9.17) is 9.47 Å². The minimum absolute atomic E-state index is 0.0238. The molecule has 5 rings (SSSR count). The number of fused-ring (bicyclic) bond motifs is 1. The van der Waals surface area contributed by atoms with Crippen LogP contribution in [0.5, 0.6) is 0 Å². The quantitative estimate of drug-likeness (QED) is 0.436. The highest BCUT2D eigenvalue weighted by Crippen LogP contribution is 2.29. The minimum atomic E-state index is -0.253. The number of carbonyl (C=O) groups is 1. The van der Waals surface area contributed by atoms with Crippen LogP contribution in [0.3, 0.4) is 0 Å². The third-order valence-corrected chi connectivity index (χ3v) is 7.41. The molecule has 0 unspecified atom stereocenters. The number of nitrogens with one attached hydrogen (secondary N) is 3. The van der Waals surface area contributed by atoms with Gasteiger partial charge >= 0.3 is 0 Å². The van der Waals surface area contributed by atoms with Crippen molar-refractivity contribution in [1.29, 1.82) is 0 Å². The lowest BCUT2D eigenvalue weighted by Gasteiger charge is -2.35. The first kappa shape index (κ1) is 24.3. The van der Waals surface area contributed by atoms with Crippen LogP contribution in [-0.2, 0) is 9.47 Å². The summed E-state index contributed by atoms with van der Waals surface area (Å²) in [4.78, 5) is 31.0. The van der Waals surface area contributed by atoms with Crippen LogP contribution in [0.15, 0.2) is 35.4 Å². The van der Waals surface area contributed by atoms with Gasteiger partial charge in [-0.2, -0.15) is 9.61 Å². The number of pyridine rings is 1. The van der Waals surface area contributed by atoms with E-state index in [2.05, 4.69) is 26.0 Å². The van der Waals surface area contributed by atoms with Gasteiger partial charge in [0.1, 0.15) is 22.9 Å². The summed E-state index contributed by atoms with van der Waals surface area (Å²) in [5, 5.41) is 13.6. The molecule has 0 spiro atoms. The van der Waals surface area contributed by atoms with Crippen LogP contribution in [0.2, 0.25) is 0 Å². The molecule has 0 aromatic carbocycles. The molecule has 36 heavy (non-hydrogen) atoms. The van der Waals surface area contributed by atoms with Crippen molar-refractivity contribution in [3.63, 3.8) is 0 Å². The lowest BCUT2D eigenvalue weighted by molar-refractivity contribution is 0.00732. The Balaban J connectivity index is 1.41. The largest absolute Gasteiger partial charge is 0.381 e. The Hall–Kier alpha value is -3.44. The van der Waals surface area contributed by atoms with E-state index >= 15 is 0 Å². The molecule has 0 bridgehead atoms. The van der Waals surface area contributed by atoms with Gasteiger partial charge in [-0.1, -0.05) is 0 Å². The lowest BCUT2D eigenvalue weighted by atomic mass is 9.89. The summed E-state index contributed by atoms with van der Waals surface area (Å²) >= 11 is 0. The fourth-order valence-electron chi connectivity index (χ4n) is 5.12. The molecule has 192 valence electrons. The molecular weight excluding hydrogens is 462 g/mol. The Bertz CT molecular complexity index is 1290. The zero-order valence-electron chi connectivity index (χ0n) is 20.9. The Kier molecular flexibility index (Phi) is 6.92. The van der Waals surface area contributed by atoms with Crippen molar-refractivity contribution in [3.8, 4) is 0 Å². The summed E-state index contributed by atoms with van der Waals surface area (Å²) in [5.41, 5.74) is 1.07. The first-order chi connectivity index (χ1) is 17.5. The first-order valence-electron chi connectivity index (χ1n) is 12.4. The summed E-state index contributed by atoms with van der Waals surface area (Å²) in [6, 6.07) is 5.49. The number of anilines is 3. The van der Waals surface area contributed by atoms with E-state index in [0.29, 0.717) is 28.5 Å². The number of amides is 1. The number of ether oxygens (including phenoxy) is 2. The van der Waals surface area contributed by atoms with Crippen LogP contribution >= 0.6 is 0 Å². The van der Waals surface area contributed by atoms with Gasteiger partial charge in [0.15, 0.2) is 5.65 Å². The van der Waals surface area contributed by atoms with Crippen molar-refractivity contribution >= 4 is 28.9 Å². The summed E-state index contributed by atoms with van der Waals surface area (Å²) in [7, 11) is 5.16. The Morgan fingerprint density at radius 2 is 1.92 bits per heavy atom. The standard InChI is InChI=1S/C25H33N7O4/c1-26-22-13-21(28-19-5-4-12-31(25(19)34)15-6-8-16(35-2)9-7-15)30-23-17(14-27-32(22)23)24(33)29-18-10-11-20(18)36-3/h4-5,12-16,18,20,26H,6-11H2,1-3H3,(H,28,30)(H,29,33)/t15-,16-,18-,20-/m1/s1. The maximum absolute atomic E-state index is 13.3. The average molecular weight is 496 g/mol. The number of nitrogens with zero attached hydrogens (tertiary/aromatic N) is 4. The molecule has 0 radical (unpaired) electrons. The zero-order valence-corrected chi connectivity index (χ0v) is 20.9. The monoisotopic (exact) mass is 495 g/mol. The normalized spacial score (nSPS) is 23.8. The van der Waals surface area contributed by atoms with E-state index in [-0.39, 0.29) is 35.8 Å². The van der Waals surface area contributed by atoms with Gasteiger partial charge in [-0.3, -0.25) is 9.59 Å². The molecule has 11 nitrogen and oxygen atoms in total. The molecule has 2 aliphatic carbocycles. The molecule has 3 N–H and O–H groups in total. The maximum atomic E-state index is 13.3. The molecule has 0 aliphatic heterocycles. The third kappa shape index (κ3) is 4.56. The van der Waals surface area contributed by atoms with Gasteiger partial charge in [0.2, 0.25) is 0 Å². The topological polar surface area (TPSA) is 124 Å². The molecule has 3 aromatic rings. The number of methoxy groups -OCH3 is 2. The van der Waals surface area contributed by atoms with Gasteiger partial charge in [-0.05, 0) is 50.7 Å². The van der Waals surface area contributed by atoms with Crippen LogP contribution in [0, 0.1) is 0 Å². The minimum Gasteiger partial charge on any atom is -0.381 e. The lowest BCUT2D eigenvalue weighted by Crippen LogP contribution is -2.51. The second-order valence-electron chi connectivity index (χ2n) is 9.43. The molecular formula is C25H33N7O4. The first-order valence-corrected chi connectivity index (χ1v) is 12.4. The van der Waals surface area contributed by atoms with Gasteiger partial charge in [-0.15, -0.1) is 0 Å². The molecule has 2 fully saturated rings. The van der Waals surface area contributed by atoms with Gasteiger partial charge in [0.25, 0.3) is 11.5 Å². The van der Waals surface area contributed by atoms with Crippen LogP contribution < -0.4 is 21.5 Å². The molecule has 1 amide bonds. The van der Waals surface area contributed by atoms with E-state index in [1.807, 2.05) is 12.3 Å². The van der Waals surface area contributed by atoms with Crippen molar-refractivity contribution in [2.45, 2.75) is 62.8 Å². The highest BCUT2D eigenvalue weighted by molar-refractivity contribution is 6.00. The number of hydrogen-bond donors (Lipinski definition) is 3. The average Bonchev–Trinajstić information content (AvgIpc) is 3.32. The summed E-state index contributed by atoms with van der Waals surface area (Å²) in [5.74, 6) is 0.823. The van der Waals surface area contributed by atoms with Crippen LogP contribution in [0.1, 0.15) is 54.9 Å². The second kappa shape index (κ2) is 10.3. The summed E-state index contributed by atoms with van der Waals surface area (Å²) < 4.78 is 14.2. The van der Waals surface area contributed by atoms with Crippen molar-refractivity contribution in [3.05, 3.63) is 46.5 Å². The molecule has 3 aromatic heterocycles. The predicted molar refractivity (Wildman–Crippen MR) is 136 cm³/mol. The molecule has 2 saturated carbocycles. The molecule has 2 aliphatic rings. The van der Waals surface area contributed by atoms with Gasteiger partial charge < -0.3 is 30.0 Å². The Morgan fingerprint density at radius 1 is 1.11 bits per heavy atom. The second-order valence-corrected chi connectivity index (χ2v) is 9.43. The zero-order chi connectivity index (χ0) is 25.2. The fourth-order valence-corrected chi connectivity index (χ4v) is 5.12. The third-order valence-electron chi connectivity index (χ3n) is 7.41. The van der Waals surface area contributed by atoms with Gasteiger partial charge in [-0.25, -0.2) is 4.98 Å². The van der Waals surface area contributed by atoms with Crippen molar-refractivity contribution < 1.29 is 14.3 Å². The number of carbonyl (C=O) groups excluding carboxylic acids is 1. The van der Waals surface area contributed by atoms with Crippen LogP contribution in [0.25, 0.3) is 5.65 Å². The van der Waals surface area contributed by atoms with E-state index in [1.54, 1.807) is 42.5 Å². The highest BCUT2D eigenvalue weighted by Gasteiger charge is 2.33. The van der Waals surface area contributed by atoms with Gasteiger partial charge in [0.05, 0.1) is 24.4 Å². The Morgan fingerprint density at radius 3 is 2.58 bits per heavy atom. The smallest absolute Gasteiger partial charge is 0.274 e. The molecule has 0 saturated heterocycles. The fraction of sp³-hybridized carbons (Fsp3) is 0.520. The molecule has 2 atom stereocenters. The van der Waals surface area contributed by atoms with Gasteiger partial charge in [0, 0.05) is 39.6 Å².